The lowest BCUT2D eigenvalue weighted by atomic mass is 10.1. The molecule has 2 aromatic carbocycles. The summed E-state index contributed by atoms with van der Waals surface area (Å²) < 4.78 is 6.48. The number of aromatic nitrogens is 1. The Balaban J connectivity index is 1.66. The minimum Gasteiger partial charge on any atom is -0.484 e. The Morgan fingerprint density at radius 3 is 2.70 bits per heavy atom. The molecule has 1 aromatic heterocycles. The van der Waals surface area contributed by atoms with E-state index in [1.807, 2.05) is 19.9 Å². The van der Waals surface area contributed by atoms with Crippen molar-refractivity contribution < 1.29 is 9.53 Å². The first-order chi connectivity index (χ1) is 11.0. The Bertz CT molecular complexity index is 859. The molecule has 0 saturated carbocycles. The van der Waals surface area contributed by atoms with Gasteiger partial charge in [-0.1, -0.05) is 29.0 Å². The van der Waals surface area contributed by atoms with E-state index in [2.05, 4.69) is 16.4 Å². The van der Waals surface area contributed by atoms with Gasteiger partial charge in [0.15, 0.2) is 11.7 Å². The smallest absolute Gasteiger partial charge is 0.264 e. The number of fused-ring (bicyclic) bond motifs is 1. The number of halogens is 1. The number of aryl methyl sites for hydroxylation is 2. The number of anilines is 1. The van der Waals surface area contributed by atoms with Gasteiger partial charge in [0, 0.05) is 5.02 Å². The van der Waals surface area contributed by atoms with Crippen LogP contribution < -0.4 is 10.1 Å². The fraction of sp³-hybridized carbons (Fsp3) is 0.176. The van der Waals surface area contributed by atoms with E-state index in [1.165, 1.54) is 16.9 Å². The van der Waals surface area contributed by atoms with Gasteiger partial charge < -0.3 is 4.74 Å². The summed E-state index contributed by atoms with van der Waals surface area (Å²) in [5, 5.41) is 3.99. The number of hydrogen-bond donors (Lipinski definition) is 1. The van der Waals surface area contributed by atoms with E-state index < -0.39 is 0 Å². The third-order valence-corrected chi connectivity index (χ3v) is 4.70. The van der Waals surface area contributed by atoms with Crippen LogP contribution in [0.1, 0.15) is 11.1 Å². The summed E-state index contributed by atoms with van der Waals surface area (Å²) in [4.78, 5) is 16.5. The number of benzene rings is 2. The van der Waals surface area contributed by atoms with Crippen LogP contribution in [0.4, 0.5) is 5.13 Å². The molecule has 6 heteroatoms. The van der Waals surface area contributed by atoms with Crippen molar-refractivity contribution in [3.8, 4) is 5.75 Å². The van der Waals surface area contributed by atoms with E-state index in [0.29, 0.717) is 15.9 Å². The molecule has 0 aliphatic rings. The number of carbonyl (C=O) groups excluding carboxylic acids is 1. The monoisotopic (exact) mass is 346 g/mol. The summed E-state index contributed by atoms with van der Waals surface area (Å²) in [6, 6.07) is 11.0. The van der Waals surface area contributed by atoms with Crippen molar-refractivity contribution in [1.29, 1.82) is 0 Å². The second kappa shape index (κ2) is 6.56. The van der Waals surface area contributed by atoms with Gasteiger partial charge in [-0.05, 0) is 55.3 Å². The van der Waals surface area contributed by atoms with Crippen LogP contribution in [0, 0.1) is 13.8 Å². The van der Waals surface area contributed by atoms with Crippen LogP contribution in [0.5, 0.6) is 5.75 Å². The molecule has 0 unspecified atom stereocenters. The van der Waals surface area contributed by atoms with Crippen LogP contribution in [-0.4, -0.2) is 17.5 Å². The van der Waals surface area contributed by atoms with Crippen molar-refractivity contribution in [2.45, 2.75) is 13.8 Å². The maximum Gasteiger partial charge on any atom is 0.264 e. The van der Waals surface area contributed by atoms with Gasteiger partial charge in [0.25, 0.3) is 5.91 Å². The molecule has 0 fully saturated rings. The maximum atomic E-state index is 12.0. The van der Waals surface area contributed by atoms with Crippen molar-refractivity contribution in [1.82, 2.24) is 4.98 Å². The third-order valence-electron chi connectivity index (χ3n) is 3.51. The van der Waals surface area contributed by atoms with Crippen LogP contribution in [0.25, 0.3) is 10.2 Å². The zero-order valence-corrected chi connectivity index (χ0v) is 14.3. The number of ether oxygens (including phenoxy) is 1. The summed E-state index contributed by atoms with van der Waals surface area (Å²) in [5.41, 5.74) is 3.26. The van der Waals surface area contributed by atoms with Gasteiger partial charge >= 0.3 is 0 Å². The fourth-order valence-corrected chi connectivity index (χ4v) is 3.18. The van der Waals surface area contributed by atoms with Crippen molar-refractivity contribution in [3.05, 3.63) is 52.5 Å². The average Bonchev–Trinajstić information content (AvgIpc) is 2.94. The van der Waals surface area contributed by atoms with Crippen LogP contribution in [0.15, 0.2) is 36.4 Å². The molecule has 4 nitrogen and oxygen atoms in total. The highest BCUT2D eigenvalue weighted by atomic mass is 35.5. The predicted octanol–water partition coefficient (Wildman–Crippen LogP) is 4.58. The normalized spacial score (nSPS) is 10.7. The van der Waals surface area contributed by atoms with Crippen molar-refractivity contribution in [2.24, 2.45) is 0 Å². The van der Waals surface area contributed by atoms with Crippen molar-refractivity contribution in [3.63, 3.8) is 0 Å². The van der Waals surface area contributed by atoms with Gasteiger partial charge in [-0.2, -0.15) is 0 Å². The number of rotatable bonds is 4. The number of thiazole rings is 1. The SMILES string of the molecule is Cc1ccc2sc(NC(=O)COc3ccc(Cl)cc3)nc2c1C. The number of amides is 1. The molecule has 0 radical (unpaired) electrons. The number of carbonyl (C=O) groups is 1. The van der Waals surface area contributed by atoms with Gasteiger partial charge in [0.1, 0.15) is 5.75 Å². The largest absolute Gasteiger partial charge is 0.484 e. The highest BCUT2D eigenvalue weighted by molar-refractivity contribution is 7.22. The maximum absolute atomic E-state index is 12.0. The predicted molar refractivity (Wildman–Crippen MR) is 94.7 cm³/mol. The molecule has 1 heterocycles. The lowest BCUT2D eigenvalue weighted by Crippen LogP contribution is -2.19. The zero-order chi connectivity index (χ0) is 16.4. The third kappa shape index (κ3) is 3.63. The minimum absolute atomic E-state index is 0.0738. The Morgan fingerprint density at radius 1 is 1.22 bits per heavy atom. The van der Waals surface area contributed by atoms with Crippen LogP contribution >= 0.6 is 22.9 Å². The fourth-order valence-electron chi connectivity index (χ4n) is 2.11. The van der Waals surface area contributed by atoms with E-state index in [9.17, 15) is 4.79 Å². The Morgan fingerprint density at radius 2 is 1.96 bits per heavy atom. The number of hydrogen-bond acceptors (Lipinski definition) is 4. The topological polar surface area (TPSA) is 51.2 Å². The number of nitrogens with zero attached hydrogens (tertiary/aromatic N) is 1. The summed E-state index contributed by atoms with van der Waals surface area (Å²) in [6.07, 6.45) is 0. The quantitative estimate of drug-likeness (QED) is 0.752. The van der Waals surface area contributed by atoms with Crippen molar-refractivity contribution in [2.75, 3.05) is 11.9 Å². The van der Waals surface area contributed by atoms with Gasteiger partial charge in [-0.15, -0.1) is 0 Å². The Kier molecular flexibility index (Phi) is 4.50. The van der Waals surface area contributed by atoms with Crippen LogP contribution in [-0.2, 0) is 4.79 Å². The van der Waals surface area contributed by atoms with E-state index in [1.54, 1.807) is 24.3 Å². The molecule has 23 heavy (non-hydrogen) atoms. The first kappa shape index (κ1) is 15.8. The first-order valence-corrected chi connectivity index (χ1v) is 8.27. The molecule has 0 bridgehead atoms. The molecule has 0 aliphatic carbocycles. The Labute approximate surface area is 143 Å². The number of nitrogens with one attached hydrogen (secondary N) is 1. The molecule has 0 atom stereocenters. The highest BCUT2D eigenvalue weighted by Crippen LogP contribution is 2.29. The summed E-state index contributed by atoms with van der Waals surface area (Å²) in [6.45, 7) is 4.01. The van der Waals surface area contributed by atoms with Crippen LogP contribution in [0.2, 0.25) is 5.02 Å². The molecule has 0 aliphatic heterocycles. The van der Waals surface area contributed by atoms with Gasteiger partial charge in [-0.3, -0.25) is 10.1 Å². The molecule has 3 aromatic rings. The average molecular weight is 347 g/mol. The molecule has 0 spiro atoms. The van der Waals surface area contributed by atoms with Gasteiger partial charge in [0.2, 0.25) is 0 Å². The summed E-state index contributed by atoms with van der Waals surface area (Å²) in [5.74, 6) is 0.355. The van der Waals surface area contributed by atoms with Crippen molar-refractivity contribution >= 4 is 44.2 Å². The van der Waals surface area contributed by atoms with E-state index >= 15 is 0 Å². The van der Waals surface area contributed by atoms with Gasteiger partial charge in [-0.25, -0.2) is 4.98 Å². The minimum atomic E-state index is -0.242. The highest BCUT2D eigenvalue weighted by Gasteiger charge is 2.11. The molecule has 0 saturated heterocycles. The summed E-state index contributed by atoms with van der Waals surface area (Å²) in [7, 11) is 0. The summed E-state index contributed by atoms with van der Waals surface area (Å²) >= 11 is 7.26. The lowest BCUT2D eigenvalue weighted by Gasteiger charge is -2.05. The van der Waals surface area contributed by atoms with E-state index in [-0.39, 0.29) is 12.5 Å². The second-order valence-corrected chi connectivity index (χ2v) is 6.63. The zero-order valence-electron chi connectivity index (χ0n) is 12.7. The lowest BCUT2D eigenvalue weighted by molar-refractivity contribution is -0.118. The van der Waals surface area contributed by atoms with E-state index in [0.717, 1.165) is 15.8 Å². The standard InChI is InChI=1S/C17H15ClN2O2S/c1-10-3-8-14-16(11(10)2)20-17(23-14)19-15(21)9-22-13-6-4-12(18)5-7-13/h3-8H,9H2,1-2H3,(H,19,20,21). The van der Waals surface area contributed by atoms with Gasteiger partial charge in [0.05, 0.1) is 10.2 Å². The molecule has 1 amide bonds. The molecular formula is C17H15ClN2O2S. The van der Waals surface area contributed by atoms with E-state index in [4.69, 9.17) is 16.3 Å². The molecular weight excluding hydrogens is 332 g/mol. The Hall–Kier alpha value is -2.11. The molecule has 1 N–H and O–H groups in total. The first-order valence-electron chi connectivity index (χ1n) is 7.08. The second-order valence-electron chi connectivity index (χ2n) is 5.16. The van der Waals surface area contributed by atoms with Crippen LogP contribution in [0.3, 0.4) is 0 Å². The molecule has 3 rings (SSSR count). The molecule has 118 valence electrons.